The van der Waals surface area contributed by atoms with Crippen molar-refractivity contribution in [3.05, 3.63) is 64.4 Å². The molecule has 1 aromatic heterocycles. The van der Waals surface area contributed by atoms with Crippen molar-refractivity contribution in [3.63, 3.8) is 0 Å². The van der Waals surface area contributed by atoms with Crippen molar-refractivity contribution in [2.45, 2.75) is 38.3 Å². The van der Waals surface area contributed by atoms with Gasteiger partial charge in [-0.1, -0.05) is 49.4 Å². The van der Waals surface area contributed by atoms with E-state index in [-0.39, 0.29) is 11.3 Å². The fraction of sp³-hybridized carbons (Fsp3) is 0.286. The molecule has 0 aliphatic rings. The van der Waals surface area contributed by atoms with Crippen LogP contribution in [0.5, 0.6) is 0 Å². The number of ketones is 1. The van der Waals surface area contributed by atoms with Crippen LogP contribution in [0.25, 0.3) is 16.6 Å². The molecule has 0 N–H and O–H groups in total. The summed E-state index contributed by atoms with van der Waals surface area (Å²) >= 11 is 1.30. The molecule has 0 unspecified atom stereocenters. The molecule has 2 aromatic carbocycles. The van der Waals surface area contributed by atoms with Crippen LogP contribution in [-0.2, 0) is 11.2 Å². The van der Waals surface area contributed by atoms with Crippen LogP contribution in [0.1, 0.15) is 32.3 Å². The number of hydrogen-bond acceptors (Lipinski definition) is 4. The van der Waals surface area contributed by atoms with Gasteiger partial charge in [0, 0.05) is 0 Å². The Morgan fingerprint density at radius 3 is 2.54 bits per heavy atom. The van der Waals surface area contributed by atoms with E-state index in [9.17, 15) is 9.59 Å². The quantitative estimate of drug-likeness (QED) is 0.459. The molecule has 5 heteroatoms. The standard InChI is InChI=1S/C21H22N2O2S/c1-3-4-7-16-10-12-17(13-11-16)23-20(25)18-8-5-6-9-19(18)22-21(23)26-14-15(2)24/h5-6,8-13H,3-4,7,14H2,1-2H3. The molecule has 0 bridgehead atoms. The van der Waals surface area contributed by atoms with Gasteiger partial charge in [0.05, 0.1) is 22.3 Å². The summed E-state index contributed by atoms with van der Waals surface area (Å²) < 4.78 is 1.61. The van der Waals surface area contributed by atoms with E-state index in [4.69, 9.17) is 0 Å². The molecule has 0 fully saturated rings. The average molecular weight is 366 g/mol. The molecule has 134 valence electrons. The van der Waals surface area contributed by atoms with Gasteiger partial charge in [0.2, 0.25) is 0 Å². The fourth-order valence-corrected chi connectivity index (χ4v) is 3.61. The monoisotopic (exact) mass is 366 g/mol. The molecule has 0 saturated carbocycles. The third kappa shape index (κ3) is 4.05. The van der Waals surface area contributed by atoms with Crippen LogP contribution >= 0.6 is 11.8 Å². The van der Waals surface area contributed by atoms with E-state index in [1.807, 2.05) is 30.3 Å². The second-order valence-electron chi connectivity index (χ2n) is 6.31. The lowest BCUT2D eigenvalue weighted by molar-refractivity contribution is -0.114. The zero-order chi connectivity index (χ0) is 18.5. The third-order valence-electron chi connectivity index (χ3n) is 4.16. The molecule has 0 saturated heterocycles. The predicted octanol–water partition coefficient (Wildman–Crippen LogP) is 4.41. The number of carbonyl (C=O) groups is 1. The SMILES string of the molecule is CCCCc1ccc(-n2c(SCC(C)=O)nc3ccccc3c2=O)cc1. The van der Waals surface area contributed by atoms with Gasteiger partial charge in [0.1, 0.15) is 5.78 Å². The molecular formula is C21H22N2O2S. The summed E-state index contributed by atoms with van der Waals surface area (Å²) in [5.74, 6) is 0.346. The number of Topliss-reactive ketones (excluding diaryl/α,β-unsaturated/α-hetero) is 1. The Morgan fingerprint density at radius 2 is 1.85 bits per heavy atom. The number of para-hydroxylation sites is 1. The number of thioether (sulfide) groups is 1. The Kier molecular flexibility index (Phi) is 5.89. The maximum Gasteiger partial charge on any atom is 0.266 e. The van der Waals surface area contributed by atoms with Gasteiger partial charge in [-0.15, -0.1) is 0 Å². The second-order valence-corrected chi connectivity index (χ2v) is 7.26. The van der Waals surface area contributed by atoms with Gasteiger partial charge in [0.15, 0.2) is 5.16 Å². The van der Waals surface area contributed by atoms with Gasteiger partial charge in [-0.2, -0.15) is 0 Å². The minimum Gasteiger partial charge on any atom is -0.299 e. The molecule has 0 aliphatic heterocycles. The minimum absolute atomic E-state index is 0.0545. The van der Waals surface area contributed by atoms with Crippen molar-refractivity contribution in [2.24, 2.45) is 0 Å². The smallest absolute Gasteiger partial charge is 0.266 e. The van der Waals surface area contributed by atoms with Crippen LogP contribution in [0.3, 0.4) is 0 Å². The average Bonchev–Trinajstić information content (AvgIpc) is 2.65. The van der Waals surface area contributed by atoms with Gasteiger partial charge in [0.25, 0.3) is 5.56 Å². The highest BCUT2D eigenvalue weighted by molar-refractivity contribution is 7.99. The van der Waals surface area contributed by atoms with E-state index in [1.165, 1.54) is 17.3 Å². The Bertz CT molecular complexity index is 977. The third-order valence-corrected chi connectivity index (χ3v) is 5.25. The molecule has 0 radical (unpaired) electrons. The summed E-state index contributed by atoms with van der Waals surface area (Å²) in [5, 5.41) is 1.12. The van der Waals surface area contributed by atoms with Gasteiger partial charge < -0.3 is 0 Å². The molecular weight excluding hydrogens is 344 g/mol. The lowest BCUT2D eigenvalue weighted by Crippen LogP contribution is -2.22. The Labute approximate surface area is 157 Å². The summed E-state index contributed by atoms with van der Waals surface area (Å²) in [6.45, 7) is 3.71. The number of unbranched alkanes of at least 4 members (excludes halogenated alkanes) is 1. The summed E-state index contributed by atoms with van der Waals surface area (Å²) in [6, 6.07) is 15.4. The maximum atomic E-state index is 13.1. The number of aryl methyl sites for hydroxylation is 1. The Balaban J connectivity index is 2.09. The highest BCUT2D eigenvalue weighted by Crippen LogP contribution is 2.22. The zero-order valence-electron chi connectivity index (χ0n) is 15.1. The molecule has 0 atom stereocenters. The molecule has 26 heavy (non-hydrogen) atoms. The van der Waals surface area contributed by atoms with Crippen LogP contribution in [0.2, 0.25) is 0 Å². The lowest BCUT2D eigenvalue weighted by Gasteiger charge is -2.13. The highest BCUT2D eigenvalue weighted by atomic mass is 32.2. The Morgan fingerprint density at radius 1 is 1.12 bits per heavy atom. The number of carbonyl (C=O) groups excluding carboxylic acids is 1. The minimum atomic E-state index is -0.108. The van der Waals surface area contributed by atoms with Crippen molar-refractivity contribution < 1.29 is 4.79 Å². The molecule has 3 aromatic rings. The topological polar surface area (TPSA) is 52.0 Å². The largest absolute Gasteiger partial charge is 0.299 e. The van der Waals surface area contributed by atoms with Crippen molar-refractivity contribution in [1.29, 1.82) is 0 Å². The van der Waals surface area contributed by atoms with Gasteiger partial charge in [-0.05, 0) is 49.6 Å². The second kappa shape index (κ2) is 8.32. The first-order valence-electron chi connectivity index (χ1n) is 8.83. The van der Waals surface area contributed by atoms with E-state index in [0.29, 0.717) is 21.8 Å². The van der Waals surface area contributed by atoms with Crippen LogP contribution in [0.15, 0.2) is 58.5 Å². The number of benzene rings is 2. The van der Waals surface area contributed by atoms with E-state index >= 15 is 0 Å². The van der Waals surface area contributed by atoms with Crippen LogP contribution in [-0.4, -0.2) is 21.1 Å². The fourth-order valence-electron chi connectivity index (χ4n) is 2.80. The first-order valence-corrected chi connectivity index (χ1v) is 9.82. The van der Waals surface area contributed by atoms with Gasteiger partial charge in [-0.25, -0.2) is 4.98 Å². The van der Waals surface area contributed by atoms with E-state index in [0.717, 1.165) is 24.9 Å². The van der Waals surface area contributed by atoms with Crippen molar-refractivity contribution in [1.82, 2.24) is 9.55 Å². The van der Waals surface area contributed by atoms with Gasteiger partial charge in [-0.3, -0.25) is 14.2 Å². The van der Waals surface area contributed by atoms with Crippen LogP contribution in [0, 0.1) is 0 Å². The molecule has 1 heterocycles. The van der Waals surface area contributed by atoms with E-state index in [1.54, 1.807) is 17.6 Å². The molecule has 0 aliphatic carbocycles. The number of aromatic nitrogens is 2. The maximum absolute atomic E-state index is 13.1. The number of rotatable bonds is 7. The molecule has 0 spiro atoms. The van der Waals surface area contributed by atoms with Crippen molar-refractivity contribution in [3.8, 4) is 5.69 Å². The lowest BCUT2D eigenvalue weighted by atomic mass is 10.1. The number of fused-ring (bicyclic) bond motifs is 1. The normalized spacial score (nSPS) is 11.0. The Hall–Kier alpha value is -2.40. The summed E-state index contributed by atoms with van der Waals surface area (Å²) in [6.07, 6.45) is 3.34. The first kappa shape index (κ1) is 18.4. The zero-order valence-corrected chi connectivity index (χ0v) is 15.9. The van der Waals surface area contributed by atoms with Crippen LogP contribution in [0.4, 0.5) is 0 Å². The summed E-state index contributed by atoms with van der Waals surface area (Å²) in [4.78, 5) is 29.1. The number of hydrogen-bond donors (Lipinski definition) is 0. The number of nitrogens with zero attached hydrogens (tertiary/aromatic N) is 2. The van der Waals surface area contributed by atoms with Crippen LogP contribution < -0.4 is 5.56 Å². The van der Waals surface area contributed by atoms with E-state index < -0.39 is 0 Å². The first-order chi connectivity index (χ1) is 12.6. The molecule has 3 rings (SSSR count). The van der Waals surface area contributed by atoms with Crippen molar-refractivity contribution >= 4 is 28.4 Å². The summed E-state index contributed by atoms with van der Waals surface area (Å²) in [5.41, 5.74) is 2.58. The summed E-state index contributed by atoms with van der Waals surface area (Å²) in [7, 11) is 0. The van der Waals surface area contributed by atoms with Gasteiger partial charge >= 0.3 is 0 Å². The highest BCUT2D eigenvalue weighted by Gasteiger charge is 2.13. The molecule has 4 nitrogen and oxygen atoms in total. The van der Waals surface area contributed by atoms with E-state index in [2.05, 4.69) is 24.0 Å². The predicted molar refractivity (Wildman–Crippen MR) is 107 cm³/mol. The van der Waals surface area contributed by atoms with Crippen molar-refractivity contribution in [2.75, 3.05) is 5.75 Å². The molecule has 0 amide bonds.